The lowest BCUT2D eigenvalue weighted by atomic mass is 10.1. The summed E-state index contributed by atoms with van der Waals surface area (Å²) in [6, 6.07) is 3.73. The molecule has 1 aromatic rings. The third-order valence-corrected chi connectivity index (χ3v) is 4.51. The van der Waals surface area contributed by atoms with Gasteiger partial charge in [0.2, 0.25) is 10.0 Å². The van der Waals surface area contributed by atoms with Gasteiger partial charge in [0.1, 0.15) is 10.9 Å². The molecule has 1 rings (SSSR count). The van der Waals surface area contributed by atoms with Gasteiger partial charge in [0.05, 0.1) is 6.07 Å². The first kappa shape index (κ1) is 20.9. The lowest BCUT2D eigenvalue weighted by Gasteiger charge is -2.22. The van der Waals surface area contributed by atoms with Crippen molar-refractivity contribution in [3.63, 3.8) is 0 Å². The van der Waals surface area contributed by atoms with E-state index >= 15 is 0 Å². The Hall–Kier alpha value is -2.15. The zero-order valence-electron chi connectivity index (χ0n) is 12.9. The number of benzene rings is 1. The van der Waals surface area contributed by atoms with E-state index in [0.29, 0.717) is 0 Å². The summed E-state index contributed by atoms with van der Waals surface area (Å²) in [7, 11) is -4.63. The molecule has 0 radical (unpaired) electrons. The van der Waals surface area contributed by atoms with Crippen LogP contribution in [0.3, 0.4) is 0 Å². The quantitative estimate of drug-likeness (QED) is 0.454. The summed E-state index contributed by atoms with van der Waals surface area (Å²) < 4.78 is 66.2. The molecule has 5 nitrogen and oxygen atoms in total. The van der Waals surface area contributed by atoms with Crippen LogP contribution in [0.1, 0.15) is 18.5 Å². The summed E-state index contributed by atoms with van der Waals surface area (Å²) in [5.74, 6) is 0. The molecule has 0 saturated carbocycles. The topological polar surface area (TPSA) is 82.3 Å². The number of halogens is 4. The molecule has 10 heteroatoms. The van der Waals surface area contributed by atoms with E-state index in [1.807, 2.05) is 0 Å². The van der Waals surface area contributed by atoms with Crippen LogP contribution in [0.2, 0.25) is 5.02 Å². The van der Waals surface area contributed by atoms with Crippen LogP contribution >= 0.6 is 11.6 Å². The van der Waals surface area contributed by atoms with Crippen molar-refractivity contribution in [2.24, 2.45) is 4.99 Å². The highest BCUT2D eigenvalue weighted by Crippen LogP contribution is 2.34. The lowest BCUT2D eigenvalue weighted by Crippen LogP contribution is -2.38. The third kappa shape index (κ3) is 6.01. The molecular weight excluding hydrogens is 379 g/mol. The van der Waals surface area contributed by atoms with E-state index in [1.54, 1.807) is 10.8 Å². The van der Waals surface area contributed by atoms with E-state index in [-0.39, 0.29) is 16.2 Å². The zero-order valence-corrected chi connectivity index (χ0v) is 14.5. The highest BCUT2D eigenvalue weighted by Gasteiger charge is 2.43. The number of nitrogens with one attached hydrogen (secondary N) is 1. The van der Waals surface area contributed by atoms with Gasteiger partial charge in [-0.1, -0.05) is 23.7 Å². The van der Waals surface area contributed by atoms with Crippen LogP contribution in [0.25, 0.3) is 0 Å². The van der Waals surface area contributed by atoms with Gasteiger partial charge in [-0.25, -0.2) is 8.42 Å². The van der Waals surface area contributed by atoms with Crippen LogP contribution in [0.5, 0.6) is 0 Å². The van der Waals surface area contributed by atoms with Gasteiger partial charge in [-0.3, -0.25) is 4.99 Å². The van der Waals surface area contributed by atoms with Crippen LogP contribution in [-0.2, 0) is 10.0 Å². The molecule has 0 saturated heterocycles. The number of rotatable bonds is 6. The first-order chi connectivity index (χ1) is 11.5. The molecule has 0 heterocycles. The van der Waals surface area contributed by atoms with E-state index in [4.69, 9.17) is 16.9 Å². The summed E-state index contributed by atoms with van der Waals surface area (Å²) in [6.45, 7) is 4.37. The maximum atomic E-state index is 13.3. The Bertz CT molecular complexity index is 838. The molecule has 1 atom stereocenters. The van der Waals surface area contributed by atoms with Crippen LogP contribution in [0.4, 0.5) is 13.2 Å². The number of nitrogens with zero attached hydrogens (tertiary/aromatic N) is 2. The van der Waals surface area contributed by atoms with Crippen molar-refractivity contribution < 1.29 is 21.6 Å². The first-order valence-corrected chi connectivity index (χ1v) is 8.46. The monoisotopic (exact) mass is 391 g/mol. The van der Waals surface area contributed by atoms with Crippen molar-refractivity contribution in [2.75, 3.05) is 0 Å². The second kappa shape index (κ2) is 8.29. The molecule has 1 N–H and O–H groups in total. The first-order valence-electron chi connectivity index (χ1n) is 6.60. The maximum Gasteiger partial charge on any atom is 0.408 e. The number of aliphatic imine (C=N–C) groups is 1. The molecule has 25 heavy (non-hydrogen) atoms. The minimum absolute atomic E-state index is 0.0321. The molecule has 0 unspecified atom stereocenters. The Kier molecular flexibility index (Phi) is 6.93. The van der Waals surface area contributed by atoms with E-state index in [9.17, 15) is 21.6 Å². The minimum atomic E-state index is -4.90. The molecule has 0 spiro atoms. The van der Waals surface area contributed by atoms with Gasteiger partial charge in [0, 0.05) is 16.8 Å². The van der Waals surface area contributed by atoms with E-state index < -0.39 is 27.1 Å². The summed E-state index contributed by atoms with van der Waals surface area (Å²) >= 11 is 5.64. The van der Waals surface area contributed by atoms with Crippen molar-refractivity contribution in [1.29, 1.82) is 5.26 Å². The normalized spacial score (nSPS) is 14.7. The fraction of sp³-hybridized carbons (Fsp3) is 0.200. The zero-order chi connectivity index (χ0) is 19.3. The second-order valence-electron chi connectivity index (χ2n) is 4.80. The minimum Gasteiger partial charge on any atom is -0.271 e. The van der Waals surface area contributed by atoms with Gasteiger partial charge in [-0.15, -0.1) is 0 Å². The largest absolute Gasteiger partial charge is 0.408 e. The van der Waals surface area contributed by atoms with Crippen LogP contribution in [0.15, 0.2) is 52.0 Å². The Morgan fingerprint density at radius 2 is 1.96 bits per heavy atom. The molecule has 134 valence electrons. The average molecular weight is 392 g/mol. The van der Waals surface area contributed by atoms with E-state index in [1.165, 1.54) is 19.1 Å². The molecule has 0 fully saturated rings. The van der Waals surface area contributed by atoms with Crippen molar-refractivity contribution in [1.82, 2.24) is 4.72 Å². The molecule has 0 bridgehead atoms. The van der Waals surface area contributed by atoms with Gasteiger partial charge in [-0.2, -0.15) is 23.2 Å². The van der Waals surface area contributed by atoms with Crippen LogP contribution in [-0.4, -0.2) is 21.3 Å². The molecule has 0 aliphatic rings. The third-order valence-electron chi connectivity index (χ3n) is 2.87. The fourth-order valence-electron chi connectivity index (χ4n) is 1.72. The summed E-state index contributed by atoms with van der Waals surface area (Å²) in [5, 5.41) is 8.94. The predicted molar refractivity (Wildman–Crippen MR) is 89.3 cm³/mol. The number of hydrogen-bond acceptors (Lipinski definition) is 4. The van der Waals surface area contributed by atoms with Gasteiger partial charge < -0.3 is 0 Å². The molecule has 1 aromatic carbocycles. The fourth-order valence-corrected chi connectivity index (χ4v) is 3.11. The van der Waals surface area contributed by atoms with Crippen LogP contribution < -0.4 is 4.72 Å². The second-order valence-corrected chi connectivity index (χ2v) is 6.95. The number of nitriles is 1. The van der Waals surface area contributed by atoms with Crippen molar-refractivity contribution in [2.45, 2.75) is 19.1 Å². The standard InChI is InChI=1S/C15H13ClF3N3O2S/c1-10(8-20)7-13(9-21-2)25(23,24)22-14(15(17,18)19)11-3-5-12(16)6-4-11/h3-7,9,14,22H,2H2,1H3/b10-7+,13-9+/t14-/m1/s1. The maximum absolute atomic E-state index is 13.3. The van der Waals surface area contributed by atoms with Gasteiger partial charge in [-0.05, 0) is 37.4 Å². The number of allylic oxidation sites excluding steroid dienone is 2. The lowest BCUT2D eigenvalue weighted by molar-refractivity contribution is -0.153. The Balaban J connectivity index is 3.35. The summed E-state index contributed by atoms with van der Waals surface area (Å²) in [4.78, 5) is 2.64. The molecular formula is C15H13ClF3N3O2S. The van der Waals surface area contributed by atoms with Crippen molar-refractivity contribution in [3.8, 4) is 6.07 Å². The molecule has 0 aliphatic carbocycles. The summed E-state index contributed by atoms with van der Waals surface area (Å²) in [5.41, 5.74) is -0.373. The molecule has 0 aromatic heterocycles. The van der Waals surface area contributed by atoms with Crippen molar-refractivity contribution >= 4 is 28.3 Å². The highest BCUT2D eigenvalue weighted by molar-refractivity contribution is 7.93. The van der Waals surface area contributed by atoms with E-state index in [2.05, 4.69) is 11.7 Å². The molecule has 0 amide bonds. The Morgan fingerprint density at radius 1 is 1.40 bits per heavy atom. The smallest absolute Gasteiger partial charge is 0.271 e. The SMILES string of the molecule is C=N/C=C(\C=C(/C)C#N)S(=O)(=O)N[C@H](c1ccc(Cl)cc1)C(F)(F)F. The van der Waals surface area contributed by atoms with Gasteiger partial charge in [0.15, 0.2) is 0 Å². The van der Waals surface area contributed by atoms with Gasteiger partial charge >= 0.3 is 6.18 Å². The van der Waals surface area contributed by atoms with E-state index in [0.717, 1.165) is 24.4 Å². The molecule has 0 aliphatic heterocycles. The van der Waals surface area contributed by atoms with Crippen LogP contribution in [0, 0.1) is 11.3 Å². The van der Waals surface area contributed by atoms with Gasteiger partial charge in [0.25, 0.3) is 0 Å². The highest BCUT2D eigenvalue weighted by atomic mass is 35.5. The predicted octanol–water partition coefficient (Wildman–Crippen LogP) is 3.87. The Labute approximate surface area is 148 Å². The average Bonchev–Trinajstić information content (AvgIpc) is 2.52. The number of sulfonamides is 1. The summed E-state index contributed by atoms with van der Waals surface area (Å²) in [6.07, 6.45) is -3.26. The number of alkyl halides is 3. The Morgan fingerprint density at radius 3 is 2.40 bits per heavy atom. The van der Waals surface area contributed by atoms with Crippen molar-refractivity contribution in [3.05, 3.63) is 57.6 Å². The number of hydrogen-bond donors (Lipinski definition) is 1.